The average molecular weight is 510 g/mol. The monoisotopic (exact) mass is 509 g/mol. The van der Waals surface area contributed by atoms with Gasteiger partial charge in [0.15, 0.2) is 5.60 Å². The second-order valence-corrected chi connectivity index (χ2v) is 9.69. The second kappa shape index (κ2) is 10.7. The molecule has 0 spiro atoms. The molecule has 7 heteroatoms. The van der Waals surface area contributed by atoms with Gasteiger partial charge in [-0.05, 0) is 35.7 Å². The molecule has 0 saturated heterocycles. The fourth-order valence-corrected chi connectivity index (χ4v) is 5.13. The van der Waals surface area contributed by atoms with Crippen LogP contribution >= 0.6 is 0 Å². The lowest BCUT2D eigenvalue weighted by Crippen LogP contribution is -2.44. The van der Waals surface area contributed by atoms with Gasteiger partial charge in [0, 0.05) is 30.9 Å². The van der Waals surface area contributed by atoms with E-state index in [1.54, 1.807) is 30.0 Å². The zero-order chi connectivity index (χ0) is 26.7. The molecule has 2 aliphatic rings. The van der Waals surface area contributed by atoms with Gasteiger partial charge in [-0.2, -0.15) is 5.10 Å². The van der Waals surface area contributed by atoms with E-state index in [0.717, 1.165) is 16.8 Å². The third-order valence-electron chi connectivity index (χ3n) is 7.19. The minimum Gasteiger partial charge on any atom is -0.396 e. The first kappa shape index (κ1) is 25.6. The maximum absolute atomic E-state index is 13.7. The number of para-hydroxylation sites is 1. The third kappa shape index (κ3) is 4.66. The van der Waals surface area contributed by atoms with Gasteiger partial charge in [0.05, 0.1) is 23.6 Å². The number of rotatable bonds is 8. The van der Waals surface area contributed by atoms with E-state index in [0.29, 0.717) is 36.2 Å². The fraction of sp³-hybridized carbons (Fsp3) is 0.258. The Kier molecular flexibility index (Phi) is 7.22. The van der Waals surface area contributed by atoms with Crippen molar-refractivity contribution in [3.8, 4) is 0 Å². The highest BCUT2D eigenvalue weighted by Crippen LogP contribution is 2.45. The Balaban J connectivity index is 1.44. The van der Waals surface area contributed by atoms with Crippen molar-refractivity contribution < 1.29 is 19.8 Å². The quantitative estimate of drug-likeness (QED) is 0.437. The van der Waals surface area contributed by atoms with Crippen molar-refractivity contribution in [3.63, 3.8) is 0 Å². The second-order valence-electron chi connectivity index (χ2n) is 9.69. The molecule has 0 aromatic heterocycles. The van der Waals surface area contributed by atoms with E-state index in [4.69, 9.17) is 5.11 Å². The van der Waals surface area contributed by atoms with E-state index in [-0.39, 0.29) is 19.1 Å². The first-order valence-corrected chi connectivity index (χ1v) is 12.9. The molecule has 38 heavy (non-hydrogen) atoms. The highest BCUT2D eigenvalue weighted by molar-refractivity contribution is 6.09. The molecule has 5 rings (SSSR count). The zero-order valence-corrected chi connectivity index (χ0v) is 21.3. The van der Waals surface area contributed by atoms with Crippen LogP contribution in [0.25, 0.3) is 0 Å². The summed E-state index contributed by atoms with van der Waals surface area (Å²) in [6.07, 6.45) is 4.96. The molecule has 194 valence electrons. The number of amides is 2. The number of hydrazone groups is 1. The number of anilines is 2. The Hall–Kier alpha value is -4.07. The van der Waals surface area contributed by atoms with Crippen molar-refractivity contribution >= 4 is 28.9 Å². The minimum absolute atomic E-state index is 0.00502. The third-order valence-corrected chi connectivity index (χ3v) is 7.19. The summed E-state index contributed by atoms with van der Waals surface area (Å²) in [5.74, 6) is -0.971. The lowest BCUT2D eigenvalue weighted by Gasteiger charge is -2.28. The molecule has 0 radical (unpaired) electrons. The molecular formula is C31H31N3O4. The summed E-state index contributed by atoms with van der Waals surface area (Å²) in [7, 11) is 0. The Morgan fingerprint density at radius 1 is 1.00 bits per heavy atom. The topological polar surface area (TPSA) is 93.4 Å². The molecule has 2 heterocycles. The zero-order valence-electron chi connectivity index (χ0n) is 21.3. The molecule has 2 N–H and O–H groups in total. The largest absolute Gasteiger partial charge is 0.396 e. The Morgan fingerprint density at radius 3 is 2.55 bits per heavy atom. The molecule has 0 fully saturated rings. The Labute approximate surface area is 222 Å². The SMILES string of the molecule is C[C@@H](/C=C/CCO)[C@]1(O)C(=O)N(Cc2cccc(N3N=C(c4ccccc4)CCC3=O)c2)c2ccccc21. The molecule has 0 saturated carbocycles. The molecule has 2 atom stereocenters. The number of carbonyl (C=O) groups excluding carboxylic acids is 2. The summed E-state index contributed by atoms with van der Waals surface area (Å²) in [6.45, 7) is 2.04. The summed E-state index contributed by atoms with van der Waals surface area (Å²) in [6, 6.07) is 24.6. The Bertz CT molecular complexity index is 1400. The average Bonchev–Trinajstić information content (AvgIpc) is 3.17. The van der Waals surface area contributed by atoms with Gasteiger partial charge in [-0.25, -0.2) is 5.01 Å². The van der Waals surface area contributed by atoms with Crippen molar-refractivity contribution in [1.82, 2.24) is 0 Å². The summed E-state index contributed by atoms with van der Waals surface area (Å²) in [5, 5.41) is 26.9. The molecule has 2 aliphatic heterocycles. The molecule has 3 aromatic carbocycles. The van der Waals surface area contributed by atoms with E-state index < -0.39 is 17.4 Å². The number of aliphatic hydroxyl groups excluding tert-OH is 1. The van der Waals surface area contributed by atoms with Crippen LogP contribution in [0.3, 0.4) is 0 Å². The normalized spacial score (nSPS) is 20.1. The van der Waals surface area contributed by atoms with E-state index in [2.05, 4.69) is 5.10 Å². The van der Waals surface area contributed by atoms with E-state index in [1.807, 2.05) is 72.8 Å². The van der Waals surface area contributed by atoms with E-state index in [1.165, 1.54) is 5.01 Å². The Morgan fingerprint density at radius 2 is 1.76 bits per heavy atom. The van der Waals surface area contributed by atoms with Gasteiger partial charge in [-0.15, -0.1) is 0 Å². The van der Waals surface area contributed by atoms with Gasteiger partial charge < -0.3 is 15.1 Å². The van der Waals surface area contributed by atoms with Gasteiger partial charge in [0.25, 0.3) is 5.91 Å². The van der Waals surface area contributed by atoms with Crippen LogP contribution < -0.4 is 9.91 Å². The van der Waals surface area contributed by atoms with E-state index >= 15 is 0 Å². The standard InChI is InChI=1S/C31H31N3O4/c1-22(10-7-8-19-35)31(38)26-15-5-6-16-28(26)33(30(31)37)21-23-11-9-14-25(20-23)34-29(36)18-17-27(32-34)24-12-3-2-4-13-24/h2-7,9-16,20,22,35,38H,8,17-19,21H2,1H3/b10-7+/t22-,31+/m0/s1. The molecule has 7 nitrogen and oxygen atoms in total. The molecule has 0 unspecified atom stereocenters. The lowest BCUT2D eigenvalue weighted by atomic mass is 9.83. The van der Waals surface area contributed by atoms with Crippen LogP contribution in [-0.4, -0.2) is 34.3 Å². The number of nitrogens with zero attached hydrogens (tertiary/aromatic N) is 3. The number of hydrogen-bond acceptors (Lipinski definition) is 5. The van der Waals surface area contributed by atoms with Crippen molar-refractivity contribution in [3.05, 3.63) is 108 Å². The summed E-state index contributed by atoms with van der Waals surface area (Å²) < 4.78 is 0. The molecular weight excluding hydrogens is 478 g/mol. The van der Waals surface area contributed by atoms with Gasteiger partial charge in [-0.3, -0.25) is 9.59 Å². The predicted molar refractivity (Wildman–Crippen MR) is 148 cm³/mol. The number of aliphatic hydroxyl groups is 2. The molecule has 0 aliphatic carbocycles. The van der Waals surface area contributed by atoms with E-state index in [9.17, 15) is 14.7 Å². The van der Waals surface area contributed by atoms with Crippen molar-refractivity contribution in [2.45, 2.75) is 38.3 Å². The van der Waals surface area contributed by atoms with Crippen LogP contribution in [0.2, 0.25) is 0 Å². The van der Waals surface area contributed by atoms with Crippen molar-refractivity contribution in [2.75, 3.05) is 16.5 Å². The van der Waals surface area contributed by atoms with Gasteiger partial charge >= 0.3 is 0 Å². The van der Waals surface area contributed by atoms with Gasteiger partial charge in [0.2, 0.25) is 5.91 Å². The van der Waals surface area contributed by atoms with Crippen LogP contribution in [0.5, 0.6) is 0 Å². The maximum atomic E-state index is 13.7. The van der Waals surface area contributed by atoms with Crippen LogP contribution in [0.1, 0.15) is 42.9 Å². The van der Waals surface area contributed by atoms with Crippen molar-refractivity contribution in [1.29, 1.82) is 0 Å². The summed E-state index contributed by atoms with van der Waals surface area (Å²) >= 11 is 0. The van der Waals surface area contributed by atoms with Crippen molar-refractivity contribution in [2.24, 2.45) is 11.0 Å². The molecule has 0 bridgehead atoms. The number of carbonyl (C=O) groups is 2. The molecule has 3 aromatic rings. The van der Waals surface area contributed by atoms with Crippen LogP contribution in [0.4, 0.5) is 11.4 Å². The minimum atomic E-state index is -1.71. The summed E-state index contributed by atoms with van der Waals surface area (Å²) in [4.78, 5) is 28.1. The highest BCUT2D eigenvalue weighted by atomic mass is 16.3. The highest BCUT2D eigenvalue weighted by Gasteiger charge is 2.52. The first-order valence-electron chi connectivity index (χ1n) is 12.9. The fourth-order valence-electron chi connectivity index (χ4n) is 5.13. The summed E-state index contributed by atoms with van der Waals surface area (Å²) in [5.41, 5.74) is 2.80. The maximum Gasteiger partial charge on any atom is 0.264 e. The van der Waals surface area contributed by atoms with Crippen LogP contribution in [-0.2, 0) is 21.7 Å². The lowest BCUT2D eigenvalue weighted by molar-refractivity contribution is -0.139. The first-order chi connectivity index (χ1) is 18.4. The smallest absolute Gasteiger partial charge is 0.264 e. The van der Waals surface area contributed by atoms with Crippen LogP contribution in [0.15, 0.2) is 96.1 Å². The number of fused-ring (bicyclic) bond motifs is 1. The van der Waals surface area contributed by atoms with Gasteiger partial charge in [-0.1, -0.05) is 79.7 Å². The molecule has 2 amide bonds. The predicted octanol–water partition coefficient (Wildman–Crippen LogP) is 4.53. The number of benzene rings is 3. The number of hydrogen-bond donors (Lipinski definition) is 2. The van der Waals surface area contributed by atoms with Gasteiger partial charge in [0.1, 0.15) is 0 Å². The van der Waals surface area contributed by atoms with Crippen LogP contribution in [0, 0.1) is 5.92 Å².